The fourth-order valence-electron chi connectivity index (χ4n) is 2.24. The highest BCUT2D eigenvalue weighted by Crippen LogP contribution is 2.29. The van der Waals surface area contributed by atoms with Gasteiger partial charge in [0.1, 0.15) is 0 Å². The van der Waals surface area contributed by atoms with Crippen molar-refractivity contribution in [3.8, 4) is 0 Å². The van der Waals surface area contributed by atoms with Crippen LogP contribution >= 0.6 is 11.3 Å². The van der Waals surface area contributed by atoms with Crippen molar-refractivity contribution in [2.45, 2.75) is 25.3 Å². The molecule has 84 valence electrons. The number of nitrogens with two attached hydrogens (primary N) is 1. The van der Waals surface area contributed by atoms with Crippen molar-refractivity contribution in [2.75, 3.05) is 20.1 Å². The Bertz CT molecular complexity index is 280. The monoisotopic (exact) mass is 224 g/mol. The molecule has 0 saturated heterocycles. The van der Waals surface area contributed by atoms with Gasteiger partial charge in [0.2, 0.25) is 0 Å². The molecule has 0 bridgehead atoms. The summed E-state index contributed by atoms with van der Waals surface area (Å²) in [4.78, 5) is 2.42. The Hall–Kier alpha value is -0.380. The number of thiophene rings is 1. The molecule has 0 aliphatic heterocycles. The van der Waals surface area contributed by atoms with E-state index in [1.54, 1.807) is 11.3 Å². The average Bonchev–Trinajstić information content (AvgIpc) is 2.66. The molecule has 0 amide bonds. The number of hydrogen-bond donors (Lipinski definition) is 1. The van der Waals surface area contributed by atoms with Crippen LogP contribution in [-0.2, 0) is 0 Å². The van der Waals surface area contributed by atoms with Gasteiger partial charge in [-0.15, -0.1) is 0 Å². The molecule has 1 fully saturated rings. The van der Waals surface area contributed by atoms with Gasteiger partial charge in [0.05, 0.1) is 0 Å². The molecule has 3 heteroatoms. The molecule has 1 aliphatic rings. The van der Waals surface area contributed by atoms with Crippen LogP contribution in [0, 0.1) is 5.92 Å². The van der Waals surface area contributed by atoms with Crippen LogP contribution in [0.15, 0.2) is 16.8 Å². The molecule has 1 aromatic heterocycles. The molecule has 2 N–H and O–H groups in total. The Morgan fingerprint density at radius 2 is 2.40 bits per heavy atom. The van der Waals surface area contributed by atoms with Crippen molar-refractivity contribution >= 4 is 11.3 Å². The maximum atomic E-state index is 5.86. The summed E-state index contributed by atoms with van der Waals surface area (Å²) in [6.45, 7) is 1.93. The zero-order valence-electron chi connectivity index (χ0n) is 9.36. The van der Waals surface area contributed by atoms with Gasteiger partial charge in [0.15, 0.2) is 0 Å². The molecule has 2 nitrogen and oxygen atoms in total. The second-order valence-electron chi connectivity index (χ2n) is 4.54. The van der Waals surface area contributed by atoms with Crippen molar-refractivity contribution in [1.82, 2.24) is 4.90 Å². The summed E-state index contributed by atoms with van der Waals surface area (Å²) >= 11 is 1.76. The molecule has 1 saturated carbocycles. The zero-order valence-corrected chi connectivity index (χ0v) is 10.2. The summed E-state index contributed by atoms with van der Waals surface area (Å²) in [5.41, 5.74) is 7.24. The second-order valence-corrected chi connectivity index (χ2v) is 5.32. The molecular formula is C12H20N2S. The van der Waals surface area contributed by atoms with E-state index >= 15 is 0 Å². The predicted molar refractivity (Wildman–Crippen MR) is 66.1 cm³/mol. The van der Waals surface area contributed by atoms with E-state index in [1.807, 2.05) is 0 Å². The smallest absolute Gasteiger partial charge is 0.0475 e. The lowest BCUT2D eigenvalue weighted by Crippen LogP contribution is -2.35. The Balaban J connectivity index is 1.93. The average molecular weight is 224 g/mol. The summed E-state index contributed by atoms with van der Waals surface area (Å²) in [6.07, 6.45) is 4.24. The molecule has 0 spiro atoms. The Morgan fingerprint density at radius 1 is 1.60 bits per heavy atom. The van der Waals surface area contributed by atoms with Crippen LogP contribution < -0.4 is 5.73 Å². The summed E-state index contributed by atoms with van der Waals surface area (Å²) in [6, 6.07) is 2.61. The van der Waals surface area contributed by atoms with E-state index in [-0.39, 0.29) is 0 Å². The fraction of sp³-hybridized carbons (Fsp3) is 0.667. The minimum Gasteiger partial charge on any atom is -0.329 e. The maximum absolute atomic E-state index is 5.86. The highest BCUT2D eigenvalue weighted by atomic mass is 32.1. The van der Waals surface area contributed by atoms with Gasteiger partial charge in [-0.1, -0.05) is 6.42 Å². The molecule has 0 aromatic carbocycles. The zero-order chi connectivity index (χ0) is 10.7. The maximum Gasteiger partial charge on any atom is 0.0475 e. The minimum atomic E-state index is 0.414. The van der Waals surface area contributed by atoms with Gasteiger partial charge in [-0.05, 0) is 48.2 Å². The normalized spacial score (nSPS) is 19.1. The molecule has 1 aliphatic carbocycles. The third-order valence-electron chi connectivity index (χ3n) is 3.45. The van der Waals surface area contributed by atoms with Crippen molar-refractivity contribution < 1.29 is 0 Å². The lowest BCUT2D eigenvalue weighted by molar-refractivity contribution is 0.165. The van der Waals surface area contributed by atoms with Crippen LogP contribution in [0.4, 0.5) is 0 Å². The largest absolute Gasteiger partial charge is 0.329 e. The molecular weight excluding hydrogens is 204 g/mol. The Morgan fingerprint density at radius 3 is 2.87 bits per heavy atom. The lowest BCUT2D eigenvalue weighted by atomic mass is 9.85. The van der Waals surface area contributed by atoms with Crippen LogP contribution in [0.5, 0.6) is 0 Å². The van der Waals surface area contributed by atoms with Gasteiger partial charge >= 0.3 is 0 Å². The standard InChI is InChI=1S/C12H20N2S/c1-14(8-10-3-2-4-10)12(7-13)11-5-6-15-9-11/h5-6,9-10,12H,2-4,7-8,13H2,1H3. The molecule has 15 heavy (non-hydrogen) atoms. The van der Waals surface area contributed by atoms with Crippen LogP contribution in [0.1, 0.15) is 30.9 Å². The predicted octanol–water partition coefficient (Wildman–Crippen LogP) is 2.48. The van der Waals surface area contributed by atoms with Crippen LogP contribution in [0.25, 0.3) is 0 Å². The number of nitrogens with zero attached hydrogens (tertiary/aromatic N) is 1. The van der Waals surface area contributed by atoms with E-state index in [0.717, 1.165) is 12.5 Å². The number of rotatable bonds is 5. The topological polar surface area (TPSA) is 29.3 Å². The lowest BCUT2D eigenvalue weighted by Gasteiger charge is -2.34. The SMILES string of the molecule is CN(CC1CCC1)C(CN)c1ccsc1. The first-order valence-corrected chi connectivity index (χ1v) is 6.68. The van der Waals surface area contributed by atoms with Gasteiger partial charge in [-0.2, -0.15) is 11.3 Å². The van der Waals surface area contributed by atoms with E-state index in [4.69, 9.17) is 5.73 Å². The van der Waals surface area contributed by atoms with E-state index in [2.05, 4.69) is 28.8 Å². The van der Waals surface area contributed by atoms with E-state index < -0.39 is 0 Å². The van der Waals surface area contributed by atoms with E-state index in [1.165, 1.54) is 31.4 Å². The molecule has 1 unspecified atom stereocenters. The minimum absolute atomic E-state index is 0.414. The van der Waals surface area contributed by atoms with Gasteiger partial charge < -0.3 is 5.73 Å². The summed E-state index contributed by atoms with van der Waals surface area (Å²) in [5.74, 6) is 0.919. The Labute approximate surface area is 96.1 Å². The van der Waals surface area contributed by atoms with Gasteiger partial charge in [0, 0.05) is 19.1 Å². The van der Waals surface area contributed by atoms with Crippen molar-refractivity contribution in [3.63, 3.8) is 0 Å². The second kappa shape index (κ2) is 5.10. The Kier molecular flexibility index (Phi) is 3.78. The van der Waals surface area contributed by atoms with Crippen LogP contribution in [-0.4, -0.2) is 25.0 Å². The summed E-state index contributed by atoms with van der Waals surface area (Å²) < 4.78 is 0. The van der Waals surface area contributed by atoms with Crippen molar-refractivity contribution in [2.24, 2.45) is 11.7 Å². The molecule has 1 aromatic rings. The molecule has 0 radical (unpaired) electrons. The van der Waals surface area contributed by atoms with E-state index in [9.17, 15) is 0 Å². The molecule has 1 atom stereocenters. The number of hydrogen-bond acceptors (Lipinski definition) is 3. The van der Waals surface area contributed by atoms with Crippen LogP contribution in [0.3, 0.4) is 0 Å². The first kappa shape index (κ1) is 11.1. The first-order chi connectivity index (χ1) is 7.31. The van der Waals surface area contributed by atoms with Crippen LogP contribution in [0.2, 0.25) is 0 Å². The van der Waals surface area contributed by atoms with Crippen molar-refractivity contribution in [3.05, 3.63) is 22.4 Å². The highest BCUT2D eigenvalue weighted by molar-refractivity contribution is 7.07. The summed E-state index contributed by atoms with van der Waals surface area (Å²) in [5, 5.41) is 4.35. The third-order valence-corrected chi connectivity index (χ3v) is 4.16. The highest BCUT2D eigenvalue weighted by Gasteiger charge is 2.23. The summed E-state index contributed by atoms with van der Waals surface area (Å²) in [7, 11) is 2.20. The fourth-order valence-corrected chi connectivity index (χ4v) is 2.95. The molecule has 1 heterocycles. The van der Waals surface area contributed by atoms with Gasteiger partial charge in [-0.3, -0.25) is 4.90 Å². The third kappa shape index (κ3) is 2.60. The quantitative estimate of drug-likeness (QED) is 0.832. The number of likely N-dealkylation sites (N-methyl/N-ethyl adjacent to an activating group) is 1. The van der Waals surface area contributed by atoms with Gasteiger partial charge in [-0.25, -0.2) is 0 Å². The first-order valence-electron chi connectivity index (χ1n) is 5.73. The van der Waals surface area contributed by atoms with Crippen molar-refractivity contribution in [1.29, 1.82) is 0 Å². The molecule has 2 rings (SSSR count). The van der Waals surface area contributed by atoms with Gasteiger partial charge in [0.25, 0.3) is 0 Å². The van der Waals surface area contributed by atoms with E-state index in [0.29, 0.717) is 6.04 Å².